The van der Waals surface area contributed by atoms with E-state index in [0.717, 1.165) is 12.8 Å². The summed E-state index contributed by atoms with van der Waals surface area (Å²) in [5.74, 6) is 0.0193. The molecule has 0 bridgehead atoms. The third-order valence-corrected chi connectivity index (χ3v) is 3.60. The molecule has 0 heterocycles. The van der Waals surface area contributed by atoms with Gasteiger partial charge in [0.15, 0.2) is 0 Å². The van der Waals surface area contributed by atoms with Crippen LogP contribution in [0.2, 0.25) is 0 Å². The number of carbonyl (C=O) groups is 2. The van der Waals surface area contributed by atoms with Gasteiger partial charge in [-0.3, -0.25) is 9.59 Å². The molecule has 2 amide bonds. The standard InChI is InChI=1S/C15H20N2O3/c1-17(10-11-7-13(18)8-11)14(19)9-16-15(20)12-5-3-2-4-6-12/h2-6,11,13,18H,7-10H2,1H3,(H,16,20). The summed E-state index contributed by atoms with van der Waals surface area (Å²) < 4.78 is 0. The highest BCUT2D eigenvalue weighted by atomic mass is 16.3. The predicted octanol–water partition coefficient (Wildman–Crippen LogP) is 0.646. The van der Waals surface area contributed by atoms with Crippen LogP contribution in [0.15, 0.2) is 30.3 Å². The summed E-state index contributed by atoms with van der Waals surface area (Å²) in [4.78, 5) is 25.3. The second-order valence-electron chi connectivity index (χ2n) is 5.31. The summed E-state index contributed by atoms with van der Waals surface area (Å²) in [6, 6.07) is 8.82. The van der Waals surface area contributed by atoms with Gasteiger partial charge in [-0.2, -0.15) is 0 Å². The molecule has 0 atom stereocenters. The highest BCUT2D eigenvalue weighted by Crippen LogP contribution is 2.27. The Balaban J connectivity index is 1.73. The number of aliphatic hydroxyl groups is 1. The topological polar surface area (TPSA) is 69.6 Å². The minimum atomic E-state index is -0.244. The van der Waals surface area contributed by atoms with E-state index in [0.29, 0.717) is 18.0 Å². The van der Waals surface area contributed by atoms with Crippen molar-refractivity contribution in [1.82, 2.24) is 10.2 Å². The number of carbonyl (C=O) groups excluding carboxylic acids is 2. The van der Waals surface area contributed by atoms with E-state index >= 15 is 0 Å². The van der Waals surface area contributed by atoms with Gasteiger partial charge in [0.25, 0.3) is 5.91 Å². The van der Waals surface area contributed by atoms with E-state index in [9.17, 15) is 14.7 Å². The van der Waals surface area contributed by atoms with Crippen molar-refractivity contribution in [3.8, 4) is 0 Å². The second-order valence-corrected chi connectivity index (χ2v) is 5.31. The largest absolute Gasteiger partial charge is 0.393 e. The first-order valence-corrected chi connectivity index (χ1v) is 6.81. The maximum Gasteiger partial charge on any atom is 0.251 e. The molecule has 5 heteroatoms. The molecule has 1 aliphatic carbocycles. The smallest absolute Gasteiger partial charge is 0.251 e. The Morgan fingerprint density at radius 2 is 1.95 bits per heavy atom. The Labute approximate surface area is 118 Å². The zero-order valence-corrected chi connectivity index (χ0v) is 11.6. The summed E-state index contributed by atoms with van der Waals surface area (Å²) in [5.41, 5.74) is 0.546. The maximum atomic E-state index is 11.9. The van der Waals surface area contributed by atoms with Gasteiger partial charge in [0.05, 0.1) is 12.6 Å². The van der Waals surface area contributed by atoms with Gasteiger partial charge < -0.3 is 15.3 Å². The molecule has 0 spiro atoms. The molecule has 0 saturated heterocycles. The van der Waals surface area contributed by atoms with Crippen LogP contribution in [0, 0.1) is 5.92 Å². The molecule has 2 rings (SSSR count). The van der Waals surface area contributed by atoms with Crippen LogP contribution in [0.25, 0.3) is 0 Å². The summed E-state index contributed by atoms with van der Waals surface area (Å²) in [6.45, 7) is 0.636. The predicted molar refractivity (Wildman–Crippen MR) is 75.1 cm³/mol. The zero-order valence-electron chi connectivity index (χ0n) is 11.6. The molecule has 1 saturated carbocycles. The summed E-state index contributed by atoms with van der Waals surface area (Å²) in [6.07, 6.45) is 1.31. The Morgan fingerprint density at radius 3 is 2.55 bits per heavy atom. The van der Waals surface area contributed by atoms with Gasteiger partial charge >= 0.3 is 0 Å². The average Bonchev–Trinajstić information content (AvgIpc) is 2.43. The van der Waals surface area contributed by atoms with Crippen molar-refractivity contribution >= 4 is 11.8 Å². The molecule has 1 fully saturated rings. The number of nitrogens with one attached hydrogen (secondary N) is 1. The molecule has 108 valence electrons. The third kappa shape index (κ3) is 3.81. The van der Waals surface area contributed by atoms with E-state index in [1.165, 1.54) is 0 Å². The van der Waals surface area contributed by atoms with Gasteiger partial charge in [-0.1, -0.05) is 18.2 Å². The Kier molecular flexibility index (Phi) is 4.74. The molecule has 2 N–H and O–H groups in total. The lowest BCUT2D eigenvalue weighted by Crippen LogP contribution is -2.43. The van der Waals surface area contributed by atoms with Crippen molar-refractivity contribution in [3.05, 3.63) is 35.9 Å². The van der Waals surface area contributed by atoms with E-state index < -0.39 is 0 Å². The summed E-state index contributed by atoms with van der Waals surface area (Å²) >= 11 is 0. The maximum absolute atomic E-state index is 11.9. The Hall–Kier alpha value is -1.88. The molecular formula is C15H20N2O3. The molecule has 1 aliphatic rings. The Bertz CT molecular complexity index is 469. The average molecular weight is 276 g/mol. The van der Waals surface area contributed by atoms with E-state index in [2.05, 4.69) is 5.32 Å². The number of benzene rings is 1. The van der Waals surface area contributed by atoms with Crippen molar-refractivity contribution in [2.75, 3.05) is 20.1 Å². The molecule has 0 radical (unpaired) electrons. The molecule has 5 nitrogen and oxygen atoms in total. The molecule has 0 aliphatic heterocycles. The van der Waals surface area contributed by atoms with Gasteiger partial charge in [0, 0.05) is 19.2 Å². The lowest BCUT2D eigenvalue weighted by Gasteiger charge is -2.34. The zero-order chi connectivity index (χ0) is 14.5. The van der Waals surface area contributed by atoms with E-state index in [4.69, 9.17) is 0 Å². The van der Waals surface area contributed by atoms with Crippen LogP contribution < -0.4 is 5.32 Å². The summed E-state index contributed by atoms with van der Waals surface area (Å²) in [5, 5.41) is 11.8. The molecule has 0 unspecified atom stereocenters. The van der Waals surface area contributed by atoms with Crippen LogP contribution in [0.4, 0.5) is 0 Å². The minimum absolute atomic E-state index is 0.000495. The number of rotatable bonds is 5. The van der Waals surface area contributed by atoms with Gasteiger partial charge in [0.1, 0.15) is 0 Å². The van der Waals surface area contributed by atoms with Crippen LogP contribution in [0.3, 0.4) is 0 Å². The number of likely N-dealkylation sites (N-methyl/N-ethyl adjacent to an activating group) is 1. The van der Waals surface area contributed by atoms with Crippen LogP contribution in [-0.2, 0) is 4.79 Å². The number of nitrogens with zero attached hydrogens (tertiary/aromatic N) is 1. The lowest BCUT2D eigenvalue weighted by molar-refractivity contribution is -0.130. The van der Waals surface area contributed by atoms with Gasteiger partial charge in [-0.05, 0) is 30.9 Å². The molecule has 20 heavy (non-hydrogen) atoms. The van der Waals surface area contributed by atoms with Crippen LogP contribution in [0.5, 0.6) is 0 Å². The molecule has 0 aromatic heterocycles. The monoisotopic (exact) mass is 276 g/mol. The SMILES string of the molecule is CN(CC1CC(O)C1)C(=O)CNC(=O)c1ccccc1. The first kappa shape index (κ1) is 14.5. The quantitative estimate of drug-likeness (QED) is 0.829. The van der Waals surface area contributed by atoms with E-state index in [-0.39, 0.29) is 24.5 Å². The van der Waals surface area contributed by atoms with Crippen LogP contribution in [-0.4, -0.2) is 48.1 Å². The third-order valence-electron chi connectivity index (χ3n) is 3.60. The highest BCUT2D eigenvalue weighted by Gasteiger charge is 2.29. The molecular weight excluding hydrogens is 256 g/mol. The minimum Gasteiger partial charge on any atom is -0.393 e. The second kappa shape index (κ2) is 6.52. The van der Waals surface area contributed by atoms with Crippen molar-refractivity contribution < 1.29 is 14.7 Å². The fourth-order valence-electron chi connectivity index (χ4n) is 2.32. The number of amides is 2. The lowest BCUT2D eigenvalue weighted by atomic mass is 9.82. The molecule has 1 aromatic rings. The van der Waals surface area contributed by atoms with Crippen LogP contribution >= 0.6 is 0 Å². The highest BCUT2D eigenvalue weighted by molar-refractivity contribution is 5.96. The van der Waals surface area contributed by atoms with Crippen molar-refractivity contribution in [2.45, 2.75) is 18.9 Å². The van der Waals surface area contributed by atoms with Crippen molar-refractivity contribution in [1.29, 1.82) is 0 Å². The summed E-state index contributed by atoms with van der Waals surface area (Å²) in [7, 11) is 1.72. The Morgan fingerprint density at radius 1 is 1.30 bits per heavy atom. The first-order valence-electron chi connectivity index (χ1n) is 6.81. The van der Waals surface area contributed by atoms with Crippen molar-refractivity contribution in [3.63, 3.8) is 0 Å². The first-order chi connectivity index (χ1) is 9.56. The number of hydrogen-bond acceptors (Lipinski definition) is 3. The fraction of sp³-hybridized carbons (Fsp3) is 0.467. The van der Waals surface area contributed by atoms with Crippen LogP contribution in [0.1, 0.15) is 23.2 Å². The number of aliphatic hydroxyl groups excluding tert-OH is 1. The van der Waals surface area contributed by atoms with E-state index in [1.54, 1.807) is 36.2 Å². The van der Waals surface area contributed by atoms with Gasteiger partial charge in [-0.15, -0.1) is 0 Å². The fourth-order valence-corrected chi connectivity index (χ4v) is 2.32. The molecule has 1 aromatic carbocycles. The normalized spacial score (nSPS) is 20.9. The number of hydrogen-bond donors (Lipinski definition) is 2. The van der Waals surface area contributed by atoms with Gasteiger partial charge in [0.2, 0.25) is 5.91 Å². The van der Waals surface area contributed by atoms with Crippen molar-refractivity contribution in [2.24, 2.45) is 5.92 Å². The van der Waals surface area contributed by atoms with Gasteiger partial charge in [-0.25, -0.2) is 0 Å². The van der Waals surface area contributed by atoms with E-state index in [1.807, 2.05) is 6.07 Å².